The number of likely N-dealkylation sites (N-methyl/N-ethyl adjacent to an activating group) is 1. The Morgan fingerprint density at radius 1 is 1.18 bits per heavy atom. The average Bonchev–Trinajstić information content (AvgIpc) is 2.15. The third-order valence-corrected chi connectivity index (χ3v) is 2.58. The molecule has 0 fully saturated rings. The van der Waals surface area contributed by atoms with Gasteiger partial charge in [-0.3, -0.25) is 4.79 Å². The van der Waals surface area contributed by atoms with Crippen molar-refractivity contribution in [3.05, 3.63) is 0 Å². The Morgan fingerprint density at radius 2 is 1.71 bits per heavy atom. The topological polar surface area (TPSA) is 78.4 Å². The van der Waals surface area contributed by atoms with E-state index in [1.54, 1.807) is 7.05 Å². The van der Waals surface area contributed by atoms with Crippen LogP contribution in [0.3, 0.4) is 0 Å². The van der Waals surface area contributed by atoms with Crippen LogP contribution in [0.1, 0.15) is 34.1 Å². The summed E-state index contributed by atoms with van der Waals surface area (Å²) in [7, 11) is 1.70. The van der Waals surface area contributed by atoms with Crippen molar-refractivity contribution in [2.75, 3.05) is 7.05 Å². The van der Waals surface area contributed by atoms with Gasteiger partial charge in [0.25, 0.3) is 0 Å². The number of hydrogen-bond donors (Lipinski definition) is 3. The van der Waals surface area contributed by atoms with E-state index in [9.17, 15) is 9.59 Å². The summed E-state index contributed by atoms with van der Waals surface area (Å²) in [5.74, 6) is -0.891. The largest absolute Gasteiger partial charge is 0.480 e. The van der Waals surface area contributed by atoms with Gasteiger partial charge >= 0.3 is 5.97 Å². The maximum Gasteiger partial charge on any atom is 0.326 e. The second-order valence-corrected chi connectivity index (χ2v) is 5.04. The highest BCUT2D eigenvalue weighted by Gasteiger charge is 2.26. The monoisotopic (exact) mass is 244 g/mol. The molecule has 0 rings (SSSR count). The minimum Gasteiger partial charge on any atom is -0.480 e. The first-order valence-electron chi connectivity index (χ1n) is 6.00. The lowest BCUT2D eigenvalue weighted by Crippen LogP contribution is -2.51. The molecule has 3 N–H and O–H groups in total. The van der Waals surface area contributed by atoms with Crippen molar-refractivity contribution in [1.29, 1.82) is 0 Å². The maximum atomic E-state index is 11.9. The second-order valence-electron chi connectivity index (χ2n) is 5.04. The van der Waals surface area contributed by atoms with E-state index in [0.29, 0.717) is 6.42 Å². The molecule has 0 saturated carbocycles. The molecular formula is C12H24N2O3. The lowest BCUT2D eigenvalue weighted by Gasteiger charge is -2.23. The highest BCUT2D eigenvalue weighted by atomic mass is 16.4. The van der Waals surface area contributed by atoms with Crippen LogP contribution in [0.5, 0.6) is 0 Å². The summed E-state index contributed by atoms with van der Waals surface area (Å²) in [4.78, 5) is 22.9. The van der Waals surface area contributed by atoms with Gasteiger partial charge in [-0.25, -0.2) is 4.79 Å². The van der Waals surface area contributed by atoms with E-state index in [4.69, 9.17) is 5.11 Å². The number of carboxylic acids is 1. The number of rotatable bonds is 7. The molecule has 0 aliphatic heterocycles. The molecule has 0 aromatic carbocycles. The molecule has 1 amide bonds. The maximum absolute atomic E-state index is 11.9. The molecule has 0 aromatic heterocycles. The molecule has 5 heteroatoms. The third kappa shape index (κ3) is 5.68. The molecule has 0 unspecified atom stereocenters. The van der Waals surface area contributed by atoms with Crippen molar-refractivity contribution in [1.82, 2.24) is 10.6 Å². The van der Waals surface area contributed by atoms with Crippen molar-refractivity contribution in [2.45, 2.75) is 46.2 Å². The third-order valence-electron chi connectivity index (χ3n) is 2.58. The van der Waals surface area contributed by atoms with Crippen LogP contribution in [-0.4, -0.2) is 36.1 Å². The van der Waals surface area contributed by atoms with Crippen LogP contribution in [-0.2, 0) is 9.59 Å². The standard InChI is InChI=1S/C12H24N2O3/c1-7(2)6-9(12(16)17)14-11(15)10(13-5)8(3)4/h7-10,13H,6H2,1-5H3,(H,14,15)(H,16,17)/t9-,10-/m0/s1. The zero-order valence-corrected chi connectivity index (χ0v) is 11.3. The Labute approximate surface area is 103 Å². The van der Waals surface area contributed by atoms with E-state index in [1.165, 1.54) is 0 Å². The molecule has 5 nitrogen and oxygen atoms in total. The van der Waals surface area contributed by atoms with Gasteiger partial charge in [-0.2, -0.15) is 0 Å². The molecule has 0 spiro atoms. The Balaban J connectivity index is 4.54. The van der Waals surface area contributed by atoms with Crippen LogP contribution in [0, 0.1) is 11.8 Å². The Morgan fingerprint density at radius 3 is 2.00 bits per heavy atom. The van der Waals surface area contributed by atoms with Gasteiger partial charge in [0.2, 0.25) is 5.91 Å². The molecular weight excluding hydrogens is 220 g/mol. The van der Waals surface area contributed by atoms with Gasteiger partial charge in [-0.05, 0) is 25.3 Å². The van der Waals surface area contributed by atoms with Gasteiger partial charge in [-0.15, -0.1) is 0 Å². The summed E-state index contributed by atoms with van der Waals surface area (Å²) in [6.45, 7) is 7.69. The first kappa shape index (κ1) is 15.9. The fraction of sp³-hybridized carbons (Fsp3) is 0.833. The SMILES string of the molecule is CN[C@H](C(=O)N[C@@H](CC(C)C)C(=O)O)C(C)C. The fourth-order valence-corrected chi connectivity index (χ4v) is 1.72. The number of carbonyl (C=O) groups is 2. The van der Waals surface area contributed by atoms with Crippen molar-refractivity contribution in [2.24, 2.45) is 11.8 Å². The van der Waals surface area contributed by atoms with E-state index >= 15 is 0 Å². The van der Waals surface area contributed by atoms with Crippen LogP contribution in [0.2, 0.25) is 0 Å². The molecule has 0 aliphatic carbocycles. The van der Waals surface area contributed by atoms with Gasteiger partial charge in [-0.1, -0.05) is 27.7 Å². The van der Waals surface area contributed by atoms with Crippen LogP contribution >= 0.6 is 0 Å². The highest BCUT2D eigenvalue weighted by molar-refractivity contribution is 5.87. The number of nitrogens with one attached hydrogen (secondary N) is 2. The van der Waals surface area contributed by atoms with Crippen LogP contribution in [0.15, 0.2) is 0 Å². The Hall–Kier alpha value is -1.10. The predicted octanol–water partition coefficient (Wildman–Crippen LogP) is 0.846. The summed E-state index contributed by atoms with van der Waals surface area (Å²) in [5, 5.41) is 14.5. The molecule has 0 heterocycles. The van der Waals surface area contributed by atoms with Crippen molar-refractivity contribution in [3.8, 4) is 0 Å². The van der Waals surface area contributed by atoms with Gasteiger partial charge < -0.3 is 15.7 Å². The van der Waals surface area contributed by atoms with E-state index in [0.717, 1.165) is 0 Å². The molecule has 0 aromatic rings. The smallest absolute Gasteiger partial charge is 0.326 e. The van der Waals surface area contributed by atoms with Crippen molar-refractivity contribution >= 4 is 11.9 Å². The quantitative estimate of drug-likeness (QED) is 0.620. The molecule has 0 bridgehead atoms. The molecule has 0 aliphatic rings. The zero-order valence-electron chi connectivity index (χ0n) is 11.3. The first-order valence-corrected chi connectivity index (χ1v) is 6.00. The van der Waals surface area contributed by atoms with Crippen LogP contribution in [0.25, 0.3) is 0 Å². The van der Waals surface area contributed by atoms with E-state index in [1.807, 2.05) is 27.7 Å². The summed E-state index contributed by atoms with van der Waals surface area (Å²) in [5.41, 5.74) is 0. The summed E-state index contributed by atoms with van der Waals surface area (Å²) in [6, 6.07) is -1.17. The molecule has 0 saturated heterocycles. The van der Waals surface area contributed by atoms with Crippen LogP contribution < -0.4 is 10.6 Å². The van der Waals surface area contributed by atoms with Gasteiger partial charge in [0.1, 0.15) is 6.04 Å². The van der Waals surface area contributed by atoms with Crippen molar-refractivity contribution < 1.29 is 14.7 Å². The van der Waals surface area contributed by atoms with E-state index in [2.05, 4.69) is 10.6 Å². The predicted molar refractivity (Wildman–Crippen MR) is 66.7 cm³/mol. The van der Waals surface area contributed by atoms with E-state index in [-0.39, 0.29) is 23.8 Å². The van der Waals surface area contributed by atoms with Crippen LogP contribution in [0.4, 0.5) is 0 Å². The molecule has 2 atom stereocenters. The Bertz CT molecular complexity index is 264. The van der Waals surface area contributed by atoms with Gasteiger partial charge in [0, 0.05) is 0 Å². The summed E-state index contributed by atoms with van der Waals surface area (Å²) in [6.07, 6.45) is 0.440. The number of hydrogen-bond acceptors (Lipinski definition) is 3. The molecule has 100 valence electrons. The molecule has 0 radical (unpaired) electrons. The average molecular weight is 244 g/mol. The zero-order chi connectivity index (χ0) is 13.6. The summed E-state index contributed by atoms with van der Waals surface area (Å²) >= 11 is 0. The molecule has 17 heavy (non-hydrogen) atoms. The van der Waals surface area contributed by atoms with E-state index < -0.39 is 12.0 Å². The fourth-order valence-electron chi connectivity index (χ4n) is 1.72. The Kier molecular flexibility index (Phi) is 6.80. The number of carboxylic acid groups (broad SMARTS) is 1. The number of aliphatic carboxylic acids is 1. The summed E-state index contributed by atoms with van der Waals surface area (Å²) < 4.78 is 0. The second kappa shape index (κ2) is 7.27. The van der Waals surface area contributed by atoms with Gasteiger partial charge in [0.05, 0.1) is 6.04 Å². The normalized spacial score (nSPS) is 14.8. The highest BCUT2D eigenvalue weighted by Crippen LogP contribution is 2.07. The lowest BCUT2D eigenvalue weighted by atomic mass is 10.0. The minimum absolute atomic E-state index is 0.119. The first-order chi connectivity index (χ1) is 7.79. The minimum atomic E-state index is -0.981. The number of amides is 1. The van der Waals surface area contributed by atoms with Crippen molar-refractivity contribution in [3.63, 3.8) is 0 Å². The lowest BCUT2D eigenvalue weighted by molar-refractivity contribution is -0.142. The number of carbonyl (C=O) groups excluding carboxylic acids is 1. The van der Waals surface area contributed by atoms with Gasteiger partial charge in [0.15, 0.2) is 0 Å².